The summed E-state index contributed by atoms with van der Waals surface area (Å²) in [5, 5.41) is 0. The van der Waals surface area contributed by atoms with Crippen molar-refractivity contribution in [3.05, 3.63) is 30.1 Å². The molecule has 4 rings (SSSR count). The third-order valence-corrected chi connectivity index (χ3v) is 5.84. The van der Waals surface area contributed by atoms with E-state index in [0.717, 1.165) is 71.2 Å². The van der Waals surface area contributed by atoms with Crippen molar-refractivity contribution in [1.29, 1.82) is 0 Å². The molecule has 0 bridgehead atoms. The summed E-state index contributed by atoms with van der Waals surface area (Å²) in [4.78, 5) is 21.2. The van der Waals surface area contributed by atoms with Crippen molar-refractivity contribution < 1.29 is 9.53 Å². The van der Waals surface area contributed by atoms with Crippen LogP contribution in [-0.2, 0) is 16.1 Å². The van der Waals surface area contributed by atoms with E-state index in [1.54, 1.807) is 0 Å². The summed E-state index contributed by atoms with van der Waals surface area (Å²) in [5.41, 5.74) is 1.22. The Morgan fingerprint density at radius 2 is 2.00 bits per heavy atom. The fourth-order valence-corrected chi connectivity index (χ4v) is 4.37. The Bertz CT molecular complexity index is 563. The van der Waals surface area contributed by atoms with Gasteiger partial charge in [-0.3, -0.25) is 14.7 Å². The first-order chi connectivity index (χ1) is 11.7. The first-order valence-corrected chi connectivity index (χ1v) is 9.32. The number of aromatic nitrogens is 1. The number of pyridine rings is 1. The van der Waals surface area contributed by atoms with Crippen LogP contribution in [0.5, 0.6) is 0 Å². The number of ether oxygens (including phenoxy) is 1. The number of rotatable bonds is 3. The van der Waals surface area contributed by atoms with Gasteiger partial charge in [0.2, 0.25) is 0 Å². The molecule has 1 aromatic heterocycles. The number of piperidine rings is 1. The number of carbonyl (C=O) groups excluding carboxylic acids is 1. The van der Waals surface area contributed by atoms with Gasteiger partial charge in [0, 0.05) is 45.1 Å². The van der Waals surface area contributed by atoms with Crippen LogP contribution in [0.15, 0.2) is 24.5 Å². The summed E-state index contributed by atoms with van der Waals surface area (Å²) in [7, 11) is 0. The summed E-state index contributed by atoms with van der Waals surface area (Å²) in [6.45, 7) is 4.88. The van der Waals surface area contributed by atoms with Crippen molar-refractivity contribution in [2.24, 2.45) is 0 Å². The highest BCUT2D eigenvalue weighted by Crippen LogP contribution is 2.39. The van der Waals surface area contributed by atoms with Gasteiger partial charge in [-0.2, -0.15) is 0 Å². The van der Waals surface area contributed by atoms with Crippen molar-refractivity contribution in [2.75, 3.05) is 26.2 Å². The Kier molecular flexibility index (Phi) is 4.55. The molecule has 4 heterocycles. The van der Waals surface area contributed by atoms with E-state index in [1.807, 2.05) is 23.4 Å². The number of amides is 1. The van der Waals surface area contributed by atoms with Crippen molar-refractivity contribution in [1.82, 2.24) is 14.8 Å². The predicted molar refractivity (Wildman–Crippen MR) is 91.4 cm³/mol. The van der Waals surface area contributed by atoms with Gasteiger partial charge in [0.1, 0.15) is 6.10 Å². The van der Waals surface area contributed by atoms with Crippen LogP contribution in [0.4, 0.5) is 0 Å². The summed E-state index contributed by atoms with van der Waals surface area (Å²) < 4.78 is 6.33. The average Bonchev–Trinajstić information content (AvgIpc) is 3.28. The third kappa shape index (κ3) is 3.33. The van der Waals surface area contributed by atoms with E-state index in [9.17, 15) is 4.79 Å². The zero-order valence-electron chi connectivity index (χ0n) is 14.3. The summed E-state index contributed by atoms with van der Waals surface area (Å²) in [5.74, 6) is 0.238. The maximum atomic E-state index is 12.6. The van der Waals surface area contributed by atoms with Crippen LogP contribution in [0.2, 0.25) is 0 Å². The van der Waals surface area contributed by atoms with Crippen LogP contribution in [0.25, 0.3) is 0 Å². The maximum Gasteiger partial charge on any atom is 0.251 e. The second-order valence-electron chi connectivity index (χ2n) is 7.50. The molecule has 3 aliphatic heterocycles. The van der Waals surface area contributed by atoms with Gasteiger partial charge < -0.3 is 9.64 Å². The van der Waals surface area contributed by atoms with Gasteiger partial charge in [0.25, 0.3) is 5.91 Å². The Hall–Kier alpha value is -1.46. The molecule has 130 valence electrons. The predicted octanol–water partition coefficient (Wildman–Crippen LogP) is 2.22. The fraction of sp³-hybridized carbons (Fsp3) is 0.684. The molecule has 1 amide bonds. The van der Waals surface area contributed by atoms with Gasteiger partial charge in [0.15, 0.2) is 0 Å². The van der Waals surface area contributed by atoms with Crippen molar-refractivity contribution in [2.45, 2.75) is 56.8 Å². The van der Waals surface area contributed by atoms with E-state index < -0.39 is 0 Å². The van der Waals surface area contributed by atoms with E-state index >= 15 is 0 Å². The smallest absolute Gasteiger partial charge is 0.251 e. The van der Waals surface area contributed by atoms with E-state index in [-0.39, 0.29) is 17.6 Å². The van der Waals surface area contributed by atoms with Crippen LogP contribution >= 0.6 is 0 Å². The largest absolute Gasteiger partial charge is 0.362 e. The number of likely N-dealkylation sites (tertiary alicyclic amines) is 2. The molecule has 0 saturated carbocycles. The highest BCUT2D eigenvalue weighted by molar-refractivity contribution is 5.81. The van der Waals surface area contributed by atoms with Crippen molar-refractivity contribution in [3.63, 3.8) is 0 Å². The first kappa shape index (κ1) is 16.0. The van der Waals surface area contributed by atoms with E-state index in [4.69, 9.17) is 4.74 Å². The van der Waals surface area contributed by atoms with Crippen LogP contribution in [-0.4, -0.2) is 58.6 Å². The molecule has 0 unspecified atom stereocenters. The van der Waals surface area contributed by atoms with Crippen LogP contribution < -0.4 is 0 Å². The molecule has 24 heavy (non-hydrogen) atoms. The molecule has 0 radical (unpaired) electrons. The zero-order valence-corrected chi connectivity index (χ0v) is 14.3. The van der Waals surface area contributed by atoms with Gasteiger partial charge in [-0.1, -0.05) is 6.07 Å². The van der Waals surface area contributed by atoms with Crippen LogP contribution in [0, 0.1) is 0 Å². The highest BCUT2D eigenvalue weighted by Gasteiger charge is 2.45. The number of carbonyl (C=O) groups is 1. The second kappa shape index (κ2) is 6.81. The molecule has 1 atom stereocenters. The topological polar surface area (TPSA) is 45.7 Å². The SMILES string of the molecule is O=C([C@@H]1CCC2(CCN(Cc3cccnc3)CC2)O1)N1CCCC1. The fourth-order valence-electron chi connectivity index (χ4n) is 4.37. The first-order valence-electron chi connectivity index (χ1n) is 9.32. The molecule has 3 aliphatic rings. The summed E-state index contributed by atoms with van der Waals surface area (Å²) in [6, 6.07) is 4.13. The number of hydrogen-bond donors (Lipinski definition) is 0. The second-order valence-corrected chi connectivity index (χ2v) is 7.50. The van der Waals surface area contributed by atoms with Gasteiger partial charge in [-0.05, 0) is 50.2 Å². The zero-order chi connectivity index (χ0) is 16.4. The number of hydrogen-bond acceptors (Lipinski definition) is 4. The van der Waals surface area contributed by atoms with Crippen molar-refractivity contribution >= 4 is 5.91 Å². The third-order valence-electron chi connectivity index (χ3n) is 5.84. The van der Waals surface area contributed by atoms with Crippen molar-refractivity contribution in [3.8, 4) is 0 Å². The average molecular weight is 329 g/mol. The molecule has 0 aliphatic carbocycles. The minimum atomic E-state index is -0.187. The molecule has 0 aromatic carbocycles. The van der Waals surface area contributed by atoms with Gasteiger partial charge in [-0.15, -0.1) is 0 Å². The molecule has 1 spiro atoms. The minimum Gasteiger partial charge on any atom is -0.362 e. The lowest BCUT2D eigenvalue weighted by Gasteiger charge is -2.39. The van der Waals surface area contributed by atoms with Crippen LogP contribution in [0.1, 0.15) is 44.1 Å². The molecule has 0 N–H and O–H groups in total. The molecular weight excluding hydrogens is 302 g/mol. The summed E-state index contributed by atoms with van der Waals surface area (Å²) in [6.07, 6.45) is 9.89. The molecular formula is C19H27N3O2. The molecule has 1 aromatic rings. The summed E-state index contributed by atoms with van der Waals surface area (Å²) >= 11 is 0. The Morgan fingerprint density at radius 3 is 2.71 bits per heavy atom. The van der Waals surface area contributed by atoms with Gasteiger partial charge in [-0.25, -0.2) is 0 Å². The highest BCUT2D eigenvalue weighted by atomic mass is 16.5. The maximum absolute atomic E-state index is 12.6. The quantitative estimate of drug-likeness (QED) is 0.853. The van der Waals surface area contributed by atoms with Crippen LogP contribution in [0.3, 0.4) is 0 Å². The van der Waals surface area contributed by atoms with Gasteiger partial charge in [0.05, 0.1) is 5.60 Å². The minimum absolute atomic E-state index is 0.0501. The van der Waals surface area contributed by atoms with E-state index in [2.05, 4.69) is 16.0 Å². The molecule has 3 saturated heterocycles. The lowest BCUT2D eigenvalue weighted by Crippen LogP contribution is -2.45. The monoisotopic (exact) mass is 329 g/mol. The van der Waals surface area contributed by atoms with E-state index in [0.29, 0.717) is 0 Å². The van der Waals surface area contributed by atoms with E-state index in [1.165, 1.54) is 5.56 Å². The lowest BCUT2D eigenvalue weighted by molar-refractivity contribution is -0.150. The Labute approximate surface area is 144 Å². The normalized spacial score (nSPS) is 27.0. The Morgan fingerprint density at radius 1 is 1.21 bits per heavy atom. The van der Waals surface area contributed by atoms with Gasteiger partial charge >= 0.3 is 0 Å². The molecule has 3 fully saturated rings. The Balaban J connectivity index is 1.30. The standard InChI is InChI=1S/C19H27N3O2/c23-18(22-10-1-2-11-22)17-5-6-19(24-17)7-12-21(13-8-19)15-16-4-3-9-20-14-16/h3-4,9,14,17H,1-2,5-8,10-13,15H2/t17-/m0/s1. The lowest BCUT2D eigenvalue weighted by atomic mass is 9.88. The molecule has 5 nitrogen and oxygen atoms in total. The number of nitrogens with zero attached hydrogens (tertiary/aromatic N) is 3. The molecule has 5 heteroatoms.